The molecule has 2 aliphatic rings. The molecule has 12 rings (SSSR count). The molecular weight excluding hydrogens is 1100 g/mol. The van der Waals surface area contributed by atoms with Crippen LogP contribution in [-0.4, -0.2) is 112 Å². The van der Waals surface area contributed by atoms with Crippen LogP contribution >= 0.6 is 0 Å². The lowest BCUT2D eigenvalue weighted by Gasteiger charge is -2.15. The van der Waals surface area contributed by atoms with E-state index in [-0.39, 0.29) is 0 Å². The number of halogens is 2. The maximum Gasteiger partial charge on any atom is 0.414 e. The molecule has 2 fully saturated rings. The van der Waals surface area contributed by atoms with Gasteiger partial charge < -0.3 is 29.6 Å². The highest BCUT2D eigenvalue weighted by Crippen LogP contribution is 2.32. The van der Waals surface area contributed by atoms with Crippen molar-refractivity contribution in [2.75, 3.05) is 37.1 Å². The maximum absolute atomic E-state index is 15.2. The summed E-state index contributed by atoms with van der Waals surface area (Å²) < 4.78 is 58.7. The van der Waals surface area contributed by atoms with Gasteiger partial charge in [-0.25, -0.2) is 37.1 Å². The number of benzene rings is 6. The molecule has 4 aromatic heterocycles. The van der Waals surface area contributed by atoms with E-state index in [4.69, 9.17) is 18.9 Å². The van der Waals surface area contributed by atoms with Crippen molar-refractivity contribution in [3.8, 4) is 33.8 Å². The molecule has 2 aliphatic heterocycles. The van der Waals surface area contributed by atoms with Gasteiger partial charge in [-0.3, -0.25) is 9.80 Å². The van der Waals surface area contributed by atoms with E-state index in [0.29, 0.717) is 87.9 Å². The average Bonchev–Trinajstić information content (AvgIpc) is 4.42. The number of anilines is 2. The summed E-state index contributed by atoms with van der Waals surface area (Å²) in [5.41, 5.74) is 11.0. The highest BCUT2D eigenvalue weighted by Gasteiger charge is 2.35. The van der Waals surface area contributed by atoms with Crippen molar-refractivity contribution >= 4 is 23.6 Å². The third kappa shape index (κ3) is 14.4. The number of cyclic esters (lactones) is 2. The lowest BCUT2D eigenvalue weighted by atomic mass is 10.0. The van der Waals surface area contributed by atoms with Gasteiger partial charge in [-0.2, -0.15) is 0 Å². The fourth-order valence-electron chi connectivity index (χ4n) is 9.95. The second-order valence-electron chi connectivity index (χ2n) is 20.8. The molecule has 2 saturated heterocycles. The Bertz CT molecular complexity index is 3910. The van der Waals surface area contributed by atoms with Crippen molar-refractivity contribution in [2.45, 2.75) is 78.4 Å². The minimum absolute atomic E-state index is 0.303. The first-order valence-corrected chi connectivity index (χ1v) is 27.8. The number of nitrogens with one attached hydrogen (secondary N) is 2. The number of rotatable bonds is 22. The average molecular weight is 1170 g/mol. The minimum Gasteiger partial charge on any atom is -0.497 e. The zero-order chi connectivity index (χ0) is 59.5. The summed E-state index contributed by atoms with van der Waals surface area (Å²) >= 11 is 0. The molecule has 0 aliphatic carbocycles. The molecule has 86 heavy (non-hydrogen) atoms. The normalized spacial score (nSPS) is 14.7. The van der Waals surface area contributed by atoms with Gasteiger partial charge in [-0.15, -0.1) is 20.4 Å². The summed E-state index contributed by atoms with van der Waals surface area (Å²) in [6.45, 7) is 8.74. The van der Waals surface area contributed by atoms with Gasteiger partial charge in [0, 0.05) is 43.5 Å². The summed E-state index contributed by atoms with van der Waals surface area (Å²) in [5.74, 6) is 0.811. The number of carbonyl (C=O) groups excluding carboxylic acids is 2. The molecule has 440 valence electrons. The first-order valence-electron chi connectivity index (χ1n) is 27.8. The summed E-state index contributed by atoms with van der Waals surface area (Å²) in [4.78, 5) is 27.8. The SMILES string of the molecule is COc1ccc(Cn2cc(CNCc3ccc(-c4ccc(N5C[C@H](Cn6cc(C)nn6)OC5=O)cc4F)cc3)nn2)cc1.COc1ccc(Cn2cc(CNCc3ccc(-c4ccc(N5C[C@H](Cn6nncc6C)OC5=O)cc4F)cc3)nn2)cc1. The zero-order valence-corrected chi connectivity index (χ0v) is 47.7. The number of aryl methyl sites for hydroxylation is 2. The molecule has 0 radical (unpaired) electrons. The number of nitrogens with zero attached hydrogens (tertiary/aromatic N) is 14. The van der Waals surface area contributed by atoms with Crippen molar-refractivity contribution in [1.82, 2.24) is 70.6 Å². The Balaban J connectivity index is 0.000000179. The van der Waals surface area contributed by atoms with Gasteiger partial charge in [-0.1, -0.05) is 93.6 Å². The molecule has 6 aromatic carbocycles. The molecule has 0 spiro atoms. The van der Waals surface area contributed by atoms with Crippen LogP contribution in [0.15, 0.2) is 158 Å². The quantitative estimate of drug-likeness (QED) is 0.0647. The number of carbonyl (C=O) groups is 2. The van der Waals surface area contributed by atoms with Crippen molar-refractivity contribution in [3.05, 3.63) is 215 Å². The van der Waals surface area contributed by atoms with E-state index >= 15 is 8.78 Å². The maximum atomic E-state index is 15.2. The van der Waals surface area contributed by atoms with Crippen LogP contribution < -0.4 is 29.9 Å². The highest BCUT2D eigenvalue weighted by molar-refractivity contribution is 5.91. The molecule has 10 aromatic rings. The lowest BCUT2D eigenvalue weighted by Crippen LogP contribution is -2.26. The molecule has 24 heteroatoms. The van der Waals surface area contributed by atoms with Crippen LogP contribution in [0.25, 0.3) is 22.3 Å². The van der Waals surface area contributed by atoms with Crippen LogP contribution in [0.2, 0.25) is 0 Å². The summed E-state index contributed by atoms with van der Waals surface area (Å²) in [5, 5.41) is 39.5. The molecular formula is C62H62F2N16O6. The number of ether oxygens (including phenoxy) is 4. The first-order chi connectivity index (χ1) is 41.9. The topological polar surface area (TPSA) is 224 Å². The van der Waals surface area contributed by atoms with E-state index in [9.17, 15) is 9.59 Å². The first kappa shape index (κ1) is 57.6. The molecule has 2 N–H and O–H groups in total. The Morgan fingerprint density at radius 2 is 0.977 bits per heavy atom. The molecule has 0 bridgehead atoms. The van der Waals surface area contributed by atoms with E-state index < -0.39 is 36.0 Å². The van der Waals surface area contributed by atoms with E-state index in [1.165, 1.54) is 21.9 Å². The molecule has 0 unspecified atom stereocenters. The van der Waals surface area contributed by atoms with Crippen LogP contribution in [0.3, 0.4) is 0 Å². The Morgan fingerprint density at radius 3 is 1.40 bits per heavy atom. The smallest absolute Gasteiger partial charge is 0.414 e. The van der Waals surface area contributed by atoms with Crippen molar-refractivity contribution in [2.24, 2.45) is 0 Å². The van der Waals surface area contributed by atoms with E-state index in [0.717, 1.165) is 67.7 Å². The number of aromatic nitrogens is 12. The molecule has 6 heterocycles. The van der Waals surface area contributed by atoms with E-state index in [1.54, 1.807) is 69.6 Å². The van der Waals surface area contributed by atoms with Gasteiger partial charge in [0.15, 0.2) is 0 Å². The van der Waals surface area contributed by atoms with Crippen LogP contribution in [0.4, 0.5) is 29.7 Å². The largest absolute Gasteiger partial charge is 0.497 e. The van der Waals surface area contributed by atoms with Gasteiger partial charge in [0.05, 0.1) is 106 Å². The fourth-order valence-corrected chi connectivity index (χ4v) is 9.95. The Hall–Kier alpha value is -10.2. The molecule has 2 atom stereocenters. The second kappa shape index (κ2) is 26.6. The van der Waals surface area contributed by atoms with Crippen LogP contribution in [0.5, 0.6) is 11.5 Å². The fraction of sp³-hybridized carbons (Fsp3) is 0.258. The van der Waals surface area contributed by atoms with E-state index in [1.807, 2.05) is 123 Å². The lowest BCUT2D eigenvalue weighted by molar-refractivity contribution is 0.128. The highest BCUT2D eigenvalue weighted by atomic mass is 19.1. The van der Waals surface area contributed by atoms with Crippen molar-refractivity contribution in [1.29, 1.82) is 0 Å². The van der Waals surface area contributed by atoms with Crippen LogP contribution in [-0.2, 0) is 61.8 Å². The Kier molecular flexibility index (Phi) is 17.8. The standard InChI is InChI=1S/2C31H31FN8O3/c1-21-16-38(36-34-21)19-28-20-40(31(41)43-28)26-9-12-29(30(32)13-26)24-7-3-22(4-8-24)14-33-15-25-18-39(37-35-25)17-23-5-10-27(42-2)11-6-23;1-21-14-34-36-40(21)20-28-19-39(31(41)43-28)26-9-12-29(30(32)13-26)24-7-3-22(4-8-24)15-33-16-25-18-38(37-35-25)17-23-5-10-27(42-2)11-6-23/h3-13,16,18,28,33H,14-15,17,19-20H2,1-2H3;3-14,18,28,33H,15-17,19-20H2,1-2H3/t2*28-/m01/s1. The zero-order valence-electron chi connectivity index (χ0n) is 47.7. The predicted molar refractivity (Wildman–Crippen MR) is 314 cm³/mol. The van der Waals surface area contributed by atoms with Gasteiger partial charge in [0.1, 0.15) is 35.3 Å². The summed E-state index contributed by atoms with van der Waals surface area (Å²) in [6.07, 6.45) is 5.46. The van der Waals surface area contributed by atoms with Gasteiger partial charge in [0.25, 0.3) is 0 Å². The second-order valence-corrected chi connectivity index (χ2v) is 20.8. The number of hydrogen-bond donors (Lipinski definition) is 2. The van der Waals surface area contributed by atoms with Crippen molar-refractivity contribution < 1.29 is 37.3 Å². The molecule has 0 saturated carbocycles. The third-order valence-corrected chi connectivity index (χ3v) is 14.5. The van der Waals surface area contributed by atoms with Gasteiger partial charge in [0.2, 0.25) is 0 Å². The Labute approximate surface area is 493 Å². The number of hydrogen-bond acceptors (Lipinski definition) is 16. The minimum atomic E-state index is -0.509. The third-order valence-electron chi connectivity index (χ3n) is 14.5. The van der Waals surface area contributed by atoms with Crippen LogP contribution in [0.1, 0.15) is 45.0 Å². The van der Waals surface area contributed by atoms with E-state index in [2.05, 4.69) is 51.9 Å². The summed E-state index contributed by atoms with van der Waals surface area (Å²) in [7, 11) is 3.29. The molecule has 2 amide bonds. The van der Waals surface area contributed by atoms with Crippen LogP contribution in [0, 0.1) is 25.5 Å². The van der Waals surface area contributed by atoms with Crippen molar-refractivity contribution in [3.63, 3.8) is 0 Å². The van der Waals surface area contributed by atoms with Gasteiger partial charge >= 0.3 is 12.2 Å². The Morgan fingerprint density at radius 1 is 0.523 bits per heavy atom. The summed E-state index contributed by atoms with van der Waals surface area (Å²) in [6, 6.07) is 40.7. The number of amides is 2. The number of methoxy groups -OCH3 is 2. The van der Waals surface area contributed by atoms with Gasteiger partial charge in [-0.05, 0) is 108 Å². The predicted octanol–water partition coefficient (Wildman–Crippen LogP) is 8.71. The monoisotopic (exact) mass is 1160 g/mol. The molecule has 22 nitrogen and oxygen atoms in total.